The van der Waals surface area contributed by atoms with Gasteiger partial charge in [-0.1, -0.05) is 41.4 Å². The molecular formula is C14H13BClFO3. The summed E-state index contributed by atoms with van der Waals surface area (Å²) in [5.74, 6) is -0.239. The summed E-state index contributed by atoms with van der Waals surface area (Å²) >= 11 is 5.69. The quantitative estimate of drug-likeness (QED) is 0.849. The SMILES string of the molecule is Cc1ccc(OCc2cccc(Cl)c2F)c(B(O)O)c1. The second-order valence-corrected chi connectivity index (χ2v) is 4.82. The van der Waals surface area contributed by atoms with Crippen molar-refractivity contribution in [3.05, 3.63) is 58.4 Å². The third-order valence-corrected chi connectivity index (χ3v) is 3.15. The molecular weight excluding hydrogens is 281 g/mol. The molecule has 0 heterocycles. The van der Waals surface area contributed by atoms with Gasteiger partial charge in [-0.2, -0.15) is 0 Å². The summed E-state index contributed by atoms with van der Waals surface area (Å²) in [6.07, 6.45) is 0. The molecule has 0 aliphatic carbocycles. The molecule has 0 aliphatic heterocycles. The van der Waals surface area contributed by atoms with Crippen molar-refractivity contribution in [3.63, 3.8) is 0 Å². The van der Waals surface area contributed by atoms with Crippen LogP contribution in [0.5, 0.6) is 5.75 Å². The van der Waals surface area contributed by atoms with Crippen molar-refractivity contribution < 1.29 is 19.2 Å². The first-order valence-electron chi connectivity index (χ1n) is 6.01. The Morgan fingerprint density at radius 1 is 1.25 bits per heavy atom. The summed E-state index contributed by atoms with van der Waals surface area (Å²) in [5.41, 5.74) is 1.42. The summed E-state index contributed by atoms with van der Waals surface area (Å²) in [4.78, 5) is 0. The lowest BCUT2D eigenvalue weighted by molar-refractivity contribution is 0.300. The van der Waals surface area contributed by atoms with E-state index in [0.717, 1.165) is 5.56 Å². The zero-order valence-corrected chi connectivity index (χ0v) is 11.6. The molecule has 0 atom stereocenters. The van der Waals surface area contributed by atoms with E-state index in [2.05, 4.69) is 0 Å². The van der Waals surface area contributed by atoms with E-state index in [1.165, 1.54) is 6.07 Å². The van der Waals surface area contributed by atoms with Crippen LogP contribution in [0.2, 0.25) is 5.02 Å². The third-order valence-electron chi connectivity index (χ3n) is 2.86. The zero-order chi connectivity index (χ0) is 14.7. The molecule has 6 heteroatoms. The smallest absolute Gasteiger partial charge is 0.489 e. The Morgan fingerprint density at radius 2 is 2.00 bits per heavy atom. The average Bonchev–Trinajstić information content (AvgIpc) is 2.41. The monoisotopic (exact) mass is 294 g/mol. The largest absolute Gasteiger partial charge is 0.492 e. The maximum atomic E-state index is 13.7. The van der Waals surface area contributed by atoms with Gasteiger partial charge in [-0.25, -0.2) is 4.39 Å². The van der Waals surface area contributed by atoms with E-state index in [9.17, 15) is 14.4 Å². The summed E-state index contributed by atoms with van der Waals surface area (Å²) in [6, 6.07) is 9.64. The molecule has 0 unspecified atom stereocenters. The minimum Gasteiger partial charge on any atom is -0.489 e. The highest BCUT2D eigenvalue weighted by atomic mass is 35.5. The van der Waals surface area contributed by atoms with Gasteiger partial charge in [-0.05, 0) is 19.1 Å². The Balaban J connectivity index is 2.21. The first-order chi connectivity index (χ1) is 9.49. The van der Waals surface area contributed by atoms with Gasteiger partial charge in [0.2, 0.25) is 0 Å². The molecule has 104 valence electrons. The Kier molecular flexibility index (Phi) is 4.65. The number of benzene rings is 2. The topological polar surface area (TPSA) is 49.7 Å². The summed E-state index contributed by atoms with van der Waals surface area (Å²) < 4.78 is 19.2. The van der Waals surface area contributed by atoms with E-state index < -0.39 is 12.9 Å². The van der Waals surface area contributed by atoms with Crippen LogP contribution in [0.1, 0.15) is 11.1 Å². The van der Waals surface area contributed by atoms with Crippen LogP contribution in [0.4, 0.5) is 4.39 Å². The molecule has 0 aromatic heterocycles. The molecule has 2 rings (SSSR count). The van der Waals surface area contributed by atoms with Gasteiger partial charge in [-0.3, -0.25) is 0 Å². The van der Waals surface area contributed by atoms with Gasteiger partial charge in [0.1, 0.15) is 18.2 Å². The fourth-order valence-electron chi connectivity index (χ4n) is 1.82. The molecule has 0 amide bonds. The van der Waals surface area contributed by atoms with Gasteiger partial charge in [0, 0.05) is 11.0 Å². The molecule has 20 heavy (non-hydrogen) atoms. The Hall–Kier alpha value is -1.56. The molecule has 0 radical (unpaired) electrons. The standard InChI is InChI=1S/C14H13BClFO3/c1-9-5-6-13(11(7-9)15(18)19)20-8-10-3-2-4-12(16)14(10)17/h2-7,18-19H,8H2,1H3. The van der Waals surface area contributed by atoms with E-state index >= 15 is 0 Å². The molecule has 2 aromatic carbocycles. The van der Waals surface area contributed by atoms with Crippen LogP contribution in [0, 0.1) is 12.7 Å². The molecule has 0 bridgehead atoms. The maximum Gasteiger partial charge on any atom is 0.492 e. The molecule has 2 aromatic rings. The minimum atomic E-state index is -1.64. The fraction of sp³-hybridized carbons (Fsp3) is 0.143. The van der Waals surface area contributed by atoms with Gasteiger partial charge < -0.3 is 14.8 Å². The third kappa shape index (κ3) is 3.31. The van der Waals surface area contributed by atoms with Crippen LogP contribution in [-0.2, 0) is 6.61 Å². The molecule has 0 spiro atoms. The van der Waals surface area contributed by atoms with E-state index in [0.29, 0.717) is 11.3 Å². The van der Waals surface area contributed by atoms with Crippen molar-refractivity contribution in [2.45, 2.75) is 13.5 Å². The van der Waals surface area contributed by atoms with Crippen molar-refractivity contribution in [3.8, 4) is 5.75 Å². The maximum absolute atomic E-state index is 13.7. The van der Waals surface area contributed by atoms with Gasteiger partial charge in [-0.15, -0.1) is 0 Å². The highest BCUT2D eigenvalue weighted by molar-refractivity contribution is 6.59. The average molecular weight is 295 g/mol. The number of aryl methyl sites for hydroxylation is 1. The fourth-order valence-corrected chi connectivity index (χ4v) is 2.01. The summed E-state index contributed by atoms with van der Waals surface area (Å²) in [7, 11) is -1.64. The number of halogens is 2. The van der Waals surface area contributed by atoms with Crippen LogP contribution in [0.25, 0.3) is 0 Å². The lowest BCUT2D eigenvalue weighted by Crippen LogP contribution is -2.31. The molecule has 0 saturated carbocycles. The highest BCUT2D eigenvalue weighted by Crippen LogP contribution is 2.19. The number of hydrogen-bond donors (Lipinski definition) is 2. The summed E-state index contributed by atoms with van der Waals surface area (Å²) in [6.45, 7) is 1.78. The van der Waals surface area contributed by atoms with E-state index in [1.54, 1.807) is 30.3 Å². The molecule has 0 fully saturated rings. The van der Waals surface area contributed by atoms with Gasteiger partial charge in [0.15, 0.2) is 0 Å². The van der Waals surface area contributed by atoms with E-state index in [-0.39, 0.29) is 17.1 Å². The molecule has 0 saturated heterocycles. The van der Waals surface area contributed by atoms with Gasteiger partial charge >= 0.3 is 7.12 Å². The zero-order valence-electron chi connectivity index (χ0n) is 10.8. The Labute approximate surface area is 121 Å². The van der Waals surface area contributed by atoms with Crippen molar-refractivity contribution in [1.82, 2.24) is 0 Å². The number of hydrogen-bond acceptors (Lipinski definition) is 3. The Morgan fingerprint density at radius 3 is 2.70 bits per heavy atom. The van der Waals surface area contributed by atoms with E-state index in [1.807, 2.05) is 6.92 Å². The minimum absolute atomic E-state index is 0.0254. The molecule has 2 N–H and O–H groups in total. The lowest BCUT2D eigenvalue weighted by atomic mass is 9.79. The van der Waals surface area contributed by atoms with Crippen LogP contribution in [0.3, 0.4) is 0 Å². The normalized spacial score (nSPS) is 10.4. The second-order valence-electron chi connectivity index (χ2n) is 4.42. The first-order valence-corrected chi connectivity index (χ1v) is 6.39. The van der Waals surface area contributed by atoms with Crippen molar-refractivity contribution in [2.75, 3.05) is 0 Å². The van der Waals surface area contributed by atoms with Crippen LogP contribution in [-0.4, -0.2) is 17.2 Å². The number of rotatable bonds is 4. The van der Waals surface area contributed by atoms with Crippen molar-refractivity contribution in [1.29, 1.82) is 0 Å². The predicted octanol–water partition coefficient (Wildman–Crippen LogP) is 2.05. The first kappa shape index (κ1) is 14.8. The van der Waals surface area contributed by atoms with Gasteiger partial charge in [0.05, 0.1) is 5.02 Å². The van der Waals surface area contributed by atoms with Crippen LogP contribution < -0.4 is 10.2 Å². The number of ether oxygens (including phenoxy) is 1. The predicted molar refractivity (Wildman–Crippen MR) is 76.7 cm³/mol. The second kappa shape index (κ2) is 6.26. The van der Waals surface area contributed by atoms with Crippen molar-refractivity contribution >= 4 is 24.2 Å². The van der Waals surface area contributed by atoms with E-state index in [4.69, 9.17) is 16.3 Å². The molecule has 0 aliphatic rings. The summed E-state index contributed by atoms with van der Waals surface area (Å²) in [5, 5.41) is 18.6. The molecule has 3 nitrogen and oxygen atoms in total. The van der Waals surface area contributed by atoms with Crippen LogP contribution in [0.15, 0.2) is 36.4 Å². The van der Waals surface area contributed by atoms with Crippen molar-refractivity contribution in [2.24, 2.45) is 0 Å². The van der Waals surface area contributed by atoms with Gasteiger partial charge in [0.25, 0.3) is 0 Å². The lowest BCUT2D eigenvalue weighted by Gasteiger charge is -2.12. The van der Waals surface area contributed by atoms with Crippen LogP contribution >= 0.6 is 11.6 Å². The highest BCUT2D eigenvalue weighted by Gasteiger charge is 2.18. The Bertz CT molecular complexity index is 619.